The van der Waals surface area contributed by atoms with Crippen LogP contribution in [0.15, 0.2) is 18.3 Å². The number of nitriles is 1. The Kier molecular flexibility index (Phi) is 2.84. The molecule has 17 heavy (non-hydrogen) atoms. The lowest BCUT2D eigenvalue weighted by Crippen LogP contribution is -2.45. The number of carbonyl (C=O) groups excluding carboxylic acids is 1. The second-order valence-corrected chi connectivity index (χ2v) is 4.83. The number of hydrogen-bond acceptors (Lipinski definition) is 3. The second kappa shape index (κ2) is 4.17. The number of aryl methyl sites for hydroxylation is 1. The predicted octanol–water partition coefficient (Wildman–Crippen LogP) is 2.27. The highest BCUT2D eigenvalue weighted by Crippen LogP contribution is 2.45. The van der Waals surface area contributed by atoms with Crippen LogP contribution in [0.1, 0.15) is 25.3 Å². The van der Waals surface area contributed by atoms with E-state index in [-0.39, 0.29) is 5.91 Å². The number of pyridine rings is 1. The molecule has 1 N–H and O–H groups in total. The van der Waals surface area contributed by atoms with Gasteiger partial charge in [0.1, 0.15) is 11.2 Å². The molecule has 2 rings (SSSR count). The van der Waals surface area contributed by atoms with Gasteiger partial charge in [-0.1, -0.05) is 13.0 Å². The van der Waals surface area contributed by atoms with Crippen LogP contribution in [0.5, 0.6) is 0 Å². The van der Waals surface area contributed by atoms with Crippen molar-refractivity contribution < 1.29 is 4.79 Å². The van der Waals surface area contributed by atoms with E-state index in [1.54, 1.807) is 6.20 Å². The fraction of sp³-hybridized carbons (Fsp3) is 0.462. The van der Waals surface area contributed by atoms with Crippen LogP contribution < -0.4 is 5.32 Å². The summed E-state index contributed by atoms with van der Waals surface area (Å²) < 4.78 is 0. The van der Waals surface area contributed by atoms with Crippen LogP contribution in [0, 0.1) is 29.6 Å². The van der Waals surface area contributed by atoms with Crippen molar-refractivity contribution in [3.05, 3.63) is 23.9 Å². The monoisotopic (exact) mass is 229 g/mol. The van der Waals surface area contributed by atoms with E-state index in [9.17, 15) is 4.79 Å². The minimum atomic E-state index is -0.844. The number of nitrogens with zero attached hydrogens (tertiary/aromatic N) is 2. The van der Waals surface area contributed by atoms with Crippen molar-refractivity contribution in [2.75, 3.05) is 5.32 Å². The Balaban J connectivity index is 2.13. The van der Waals surface area contributed by atoms with Crippen molar-refractivity contribution in [2.45, 2.75) is 26.7 Å². The summed E-state index contributed by atoms with van der Waals surface area (Å²) in [6.07, 6.45) is 2.91. The Bertz CT molecular complexity index is 484. The number of aromatic nitrogens is 1. The molecule has 0 aromatic carbocycles. The molecule has 1 aromatic rings. The molecule has 0 unspecified atom stereocenters. The van der Waals surface area contributed by atoms with Gasteiger partial charge in [0.25, 0.3) is 0 Å². The molecule has 1 amide bonds. The van der Waals surface area contributed by atoms with Gasteiger partial charge in [0.05, 0.1) is 6.07 Å². The molecule has 0 spiro atoms. The highest BCUT2D eigenvalue weighted by molar-refractivity contribution is 5.97. The van der Waals surface area contributed by atoms with Crippen molar-refractivity contribution in [2.24, 2.45) is 11.3 Å². The summed E-state index contributed by atoms with van der Waals surface area (Å²) >= 11 is 0. The Morgan fingerprint density at radius 2 is 2.35 bits per heavy atom. The second-order valence-electron chi connectivity index (χ2n) is 4.83. The zero-order chi connectivity index (χ0) is 12.5. The molecule has 0 aliphatic heterocycles. The molecule has 0 saturated heterocycles. The smallest absolute Gasteiger partial charge is 0.246 e. The summed E-state index contributed by atoms with van der Waals surface area (Å²) in [5.74, 6) is 0.775. The summed E-state index contributed by atoms with van der Waals surface area (Å²) in [6, 6.07) is 5.84. The molecule has 4 heteroatoms. The lowest BCUT2D eigenvalue weighted by molar-refractivity contribution is -0.128. The minimum Gasteiger partial charge on any atom is -0.309 e. The SMILES string of the molecule is Cc1cccnc1NC(=O)C1(C#N)CC(C)C1. The number of carbonyl (C=O) groups is 1. The number of amides is 1. The van der Waals surface area contributed by atoms with E-state index in [0.29, 0.717) is 24.6 Å². The first-order valence-electron chi connectivity index (χ1n) is 5.72. The molecule has 1 aliphatic carbocycles. The third-order valence-corrected chi connectivity index (χ3v) is 3.28. The van der Waals surface area contributed by atoms with Gasteiger partial charge in [-0.15, -0.1) is 0 Å². The first kappa shape index (κ1) is 11.6. The first-order valence-corrected chi connectivity index (χ1v) is 5.72. The molecule has 1 aliphatic rings. The van der Waals surface area contributed by atoms with Gasteiger partial charge < -0.3 is 5.32 Å². The van der Waals surface area contributed by atoms with Crippen LogP contribution in [0.4, 0.5) is 5.82 Å². The molecule has 1 saturated carbocycles. The van der Waals surface area contributed by atoms with E-state index in [4.69, 9.17) is 5.26 Å². The van der Waals surface area contributed by atoms with E-state index in [1.807, 2.05) is 19.1 Å². The van der Waals surface area contributed by atoms with Gasteiger partial charge in [0.15, 0.2) is 0 Å². The molecule has 4 nitrogen and oxygen atoms in total. The molecule has 88 valence electrons. The van der Waals surface area contributed by atoms with Crippen LogP contribution in [0.2, 0.25) is 0 Å². The molecule has 1 fully saturated rings. The fourth-order valence-electron chi connectivity index (χ4n) is 2.30. The summed E-state index contributed by atoms with van der Waals surface area (Å²) in [7, 11) is 0. The van der Waals surface area contributed by atoms with E-state index in [1.165, 1.54) is 0 Å². The van der Waals surface area contributed by atoms with Crippen molar-refractivity contribution in [1.82, 2.24) is 4.98 Å². The maximum atomic E-state index is 12.1. The Morgan fingerprint density at radius 3 is 2.88 bits per heavy atom. The van der Waals surface area contributed by atoms with Crippen molar-refractivity contribution in [1.29, 1.82) is 5.26 Å². The van der Waals surface area contributed by atoms with Crippen LogP contribution in [-0.4, -0.2) is 10.9 Å². The average Bonchev–Trinajstić information content (AvgIpc) is 2.27. The predicted molar refractivity (Wildman–Crippen MR) is 64.0 cm³/mol. The van der Waals surface area contributed by atoms with Gasteiger partial charge in [-0.3, -0.25) is 4.79 Å². The van der Waals surface area contributed by atoms with Crippen LogP contribution >= 0.6 is 0 Å². The zero-order valence-corrected chi connectivity index (χ0v) is 10.0. The zero-order valence-electron chi connectivity index (χ0n) is 10.0. The van der Waals surface area contributed by atoms with Crippen molar-refractivity contribution >= 4 is 11.7 Å². The lowest BCUT2D eigenvalue weighted by Gasteiger charge is -2.39. The summed E-state index contributed by atoms with van der Waals surface area (Å²) in [4.78, 5) is 16.2. The lowest BCUT2D eigenvalue weighted by atomic mass is 9.63. The molecular weight excluding hydrogens is 214 g/mol. The first-order chi connectivity index (χ1) is 8.07. The van der Waals surface area contributed by atoms with Crippen LogP contribution in [0.3, 0.4) is 0 Å². The van der Waals surface area contributed by atoms with Crippen molar-refractivity contribution in [3.63, 3.8) is 0 Å². The standard InChI is InChI=1S/C13H15N3O/c1-9-6-13(7-9,8-14)12(17)16-11-10(2)4-3-5-15-11/h3-5,9H,6-7H2,1-2H3,(H,15,16,17). The van der Waals surface area contributed by atoms with E-state index >= 15 is 0 Å². The van der Waals surface area contributed by atoms with E-state index in [0.717, 1.165) is 5.56 Å². The topological polar surface area (TPSA) is 65.8 Å². The van der Waals surface area contributed by atoms with Crippen LogP contribution in [-0.2, 0) is 4.79 Å². The average molecular weight is 229 g/mol. The minimum absolute atomic E-state index is 0.222. The number of rotatable bonds is 2. The Morgan fingerprint density at radius 1 is 1.65 bits per heavy atom. The van der Waals surface area contributed by atoms with Gasteiger partial charge >= 0.3 is 0 Å². The molecule has 0 atom stereocenters. The largest absolute Gasteiger partial charge is 0.309 e. The van der Waals surface area contributed by atoms with Crippen LogP contribution in [0.25, 0.3) is 0 Å². The Hall–Kier alpha value is -1.89. The van der Waals surface area contributed by atoms with Gasteiger partial charge in [0.2, 0.25) is 5.91 Å². The number of nitrogens with one attached hydrogen (secondary N) is 1. The Labute approximate surface area is 101 Å². The van der Waals surface area contributed by atoms with E-state index in [2.05, 4.69) is 23.3 Å². The van der Waals surface area contributed by atoms with Gasteiger partial charge in [-0.25, -0.2) is 4.98 Å². The summed E-state index contributed by atoms with van der Waals surface area (Å²) in [6.45, 7) is 3.93. The molecule has 1 aromatic heterocycles. The summed E-state index contributed by atoms with van der Waals surface area (Å²) in [5.41, 5.74) is 0.0601. The normalized spacial score (nSPS) is 26.8. The highest BCUT2D eigenvalue weighted by Gasteiger charge is 2.49. The van der Waals surface area contributed by atoms with Gasteiger partial charge in [-0.2, -0.15) is 5.26 Å². The number of hydrogen-bond donors (Lipinski definition) is 1. The molecule has 0 radical (unpaired) electrons. The molecule has 1 heterocycles. The maximum Gasteiger partial charge on any atom is 0.246 e. The van der Waals surface area contributed by atoms with E-state index < -0.39 is 5.41 Å². The highest BCUT2D eigenvalue weighted by atomic mass is 16.2. The third-order valence-electron chi connectivity index (χ3n) is 3.28. The number of anilines is 1. The summed E-state index contributed by atoms with van der Waals surface area (Å²) in [5, 5.41) is 11.9. The third kappa shape index (κ3) is 2.01. The quantitative estimate of drug-likeness (QED) is 0.846. The van der Waals surface area contributed by atoms with Crippen molar-refractivity contribution in [3.8, 4) is 6.07 Å². The molecular formula is C13H15N3O. The maximum absolute atomic E-state index is 12.1. The molecule has 0 bridgehead atoms. The fourth-order valence-corrected chi connectivity index (χ4v) is 2.30. The van der Waals surface area contributed by atoms with Gasteiger partial charge in [-0.05, 0) is 37.3 Å². The van der Waals surface area contributed by atoms with Gasteiger partial charge in [0, 0.05) is 6.20 Å².